The Morgan fingerprint density at radius 1 is 0.532 bits per heavy atom. The standard InChI is InChI=1S/C31H26N2O12S2/c34-28(35)24-6-1-3-8-26(24)46(40,41)32-22-14-10-20(11-15-22)30(38)44-18-5-19-45-31(39)21-12-16-23(17-13-21)33-47(42,43)27-9-4-2-7-25(27)29(36)37/h1-4,6-17,32-33H,5,18-19H2,(H,34,35)(H,36,37). The Hall–Kier alpha value is -5.74. The molecule has 0 saturated carbocycles. The van der Waals surface area contributed by atoms with Crippen molar-refractivity contribution >= 4 is 55.3 Å². The van der Waals surface area contributed by atoms with Gasteiger partial charge in [0.1, 0.15) is 9.79 Å². The van der Waals surface area contributed by atoms with Crippen LogP contribution in [-0.4, -0.2) is 64.1 Å². The summed E-state index contributed by atoms with van der Waals surface area (Å²) in [6.07, 6.45) is 0.152. The molecule has 4 aromatic rings. The van der Waals surface area contributed by atoms with Crippen molar-refractivity contribution in [3.63, 3.8) is 0 Å². The lowest BCUT2D eigenvalue weighted by molar-refractivity contribution is 0.0394. The number of sulfonamides is 2. The third-order valence-corrected chi connectivity index (χ3v) is 9.19. The number of nitrogens with one attached hydrogen (secondary N) is 2. The molecule has 0 spiro atoms. The molecule has 0 aliphatic carbocycles. The van der Waals surface area contributed by atoms with Crippen molar-refractivity contribution in [2.45, 2.75) is 16.2 Å². The van der Waals surface area contributed by atoms with Gasteiger partial charge in [-0.25, -0.2) is 36.0 Å². The van der Waals surface area contributed by atoms with E-state index in [1.165, 1.54) is 72.8 Å². The average Bonchev–Trinajstić information content (AvgIpc) is 3.04. The number of esters is 2. The van der Waals surface area contributed by atoms with Crippen LogP contribution in [0.4, 0.5) is 11.4 Å². The van der Waals surface area contributed by atoms with E-state index in [2.05, 4.69) is 9.44 Å². The number of anilines is 2. The number of carbonyl (C=O) groups excluding carboxylic acids is 2. The van der Waals surface area contributed by atoms with Gasteiger partial charge in [-0.1, -0.05) is 24.3 Å². The van der Waals surface area contributed by atoms with E-state index in [0.717, 1.165) is 24.3 Å². The number of hydrogen-bond acceptors (Lipinski definition) is 10. The predicted octanol–water partition coefficient (Wildman–Crippen LogP) is 4.09. The number of carboxylic acids is 2. The Bertz CT molecular complexity index is 1880. The van der Waals surface area contributed by atoms with Crippen LogP contribution in [-0.2, 0) is 29.5 Å². The topological polar surface area (TPSA) is 220 Å². The van der Waals surface area contributed by atoms with Gasteiger partial charge in [-0.15, -0.1) is 0 Å². The summed E-state index contributed by atoms with van der Waals surface area (Å²) in [6, 6.07) is 20.7. The summed E-state index contributed by atoms with van der Waals surface area (Å²) in [5.41, 5.74) is -0.402. The van der Waals surface area contributed by atoms with Gasteiger partial charge in [0.15, 0.2) is 0 Å². The lowest BCUT2D eigenvalue weighted by Gasteiger charge is -2.11. The van der Waals surface area contributed by atoms with E-state index in [0.29, 0.717) is 0 Å². The number of aromatic carboxylic acids is 2. The van der Waals surface area contributed by atoms with Gasteiger partial charge in [0.25, 0.3) is 20.0 Å². The van der Waals surface area contributed by atoms with Crippen LogP contribution in [0.1, 0.15) is 47.9 Å². The first-order valence-electron chi connectivity index (χ1n) is 13.5. The zero-order valence-electron chi connectivity index (χ0n) is 24.2. The van der Waals surface area contributed by atoms with Crippen LogP contribution < -0.4 is 9.44 Å². The fourth-order valence-corrected chi connectivity index (χ4v) is 6.60. The molecule has 4 aromatic carbocycles. The molecule has 14 nitrogen and oxygen atoms in total. The number of ether oxygens (including phenoxy) is 2. The quantitative estimate of drug-likeness (QED) is 0.109. The lowest BCUT2D eigenvalue weighted by atomic mass is 10.2. The number of rotatable bonds is 14. The molecule has 0 atom stereocenters. The molecular weight excluding hydrogens is 656 g/mol. The maximum atomic E-state index is 12.7. The van der Waals surface area contributed by atoms with Gasteiger partial charge in [0, 0.05) is 17.8 Å². The molecule has 0 aromatic heterocycles. The van der Waals surface area contributed by atoms with Crippen LogP contribution in [0.15, 0.2) is 107 Å². The molecule has 0 heterocycles. The minimum absolute atomic E-state index is 0.0858. The van der Waals surface area contributed by atoms with Gasteiger partial charge >= 0.3 is 23.9 Å². The van der Waals surface area contributed by atoms with E-state index in [-0.39, 0.29) is 42.1 Å². The first-order chi connectivity index (χ1) is 22.3. The van der Waals surface area contributed by atoms with Gasteiger partial charge in [0.2, 0.25) is 0 Å². The van der Waals surface area contributed by atoms with Crippen LogP contribution in [0.2, 0.25) is 0 Å². The second-order valence-electron chi connectivity index (χ2n) is 9.59. The molecule has 4 N–H and O–H groups in total. The molecule has 0 unspecified atom stereocenters. The van der Waals surface area contributed by atoms with E-state index in [9.17, 15) is 46.2 Å². The Kier molecular flexibility index (Phi) is 10.6. The summed E-state index contributed by atoms with van der Waals surface area (Å²) in [6.45, 7) is -0.212. The maximum absolute atomic E-state index is 12.7. The molecule has 4 rings (SSSR count). The van der Waals surface area contributed by atoms with Crippen molar-refractivity contribution < 1.29 is 55.7 Å². The fourth-order valence-electron chi connectivity index (χ4n) is 4.08. The molecule has 47 heavy (non-hydrogen) atoms. The average molecular weight is 683 g/mol. The third kappa shape index (κ3) is 8.71. The van der Waals surface area contributed by atoms with Crippen LogP contribution in [0.25, 0.3) is 0 Å². The molecule has 0 aliphatic heterocycles. The summed E-state index contributed by atoms with van der Waals surface area (Å²) in [4.78, 5) is 46.6. The summed E-state index contributed by atoms with van der Waals surface area (Å²) in [5, 5.41) is 18.5. The van der Waals surface area contributed by atoms with Crippen molar-refractivity contribution in [3.05, 3.63) is 119 Å². The highest BCUT2D eigenvalue weighted by Crippen LogP contribution is 2.22. The van der Waals surface area contributed by atoms with Gasteiger partial charge in [0.05, 0.1) is 35.5 Å². The normalized spacial score (nSPS) is 11.2. The molecule has 0 aliphatic rings. The predicted molar refractivity (Wildman–Crippen MR) is 166 cm³/mol. The van der Waals surface area contributed by atoms with Gasteiger partial charge in [-0.3, -0.25) is 9.44 Å². The molecule has 0 saturated heterocycles. The second kappa shape index (κ2) is 14.6. The molecule has 0 fully saturated rings. The maximum Gasteiger partial charge on any atom is 0.338 e. The summed E-state index contributed by atoms with van der Waals surface area (Å²) in [7, 11) is -8.46. The SMILES string of the molecule is O=C(OCCCOC(=O)c1ccc(NS(=O)(=O)c2ccccc2C(=O)O)cc1)c1ccc(NS(=O)(=O)c2ccccc2C(=O)O)cc1. The van der Waals surface area contributed by atoms with Gasteiger partial charge in [-0.05, 0) is 72.8 Å². The van der Waals surface area contributed by atoms with Crippen molar-refractivity contribution in [2.24, 2.45) is 0 Å². The Morgan fingerprint density at radius 2 is 0.872 bits per heavy atom. The number of carboxylic acid groups (broad SMARTS) is 2. The summed E-state index contributed by atoms with van der Waals surface area (Å²) in [5.74, 6) is -4.24. The highest BCUT2D eigenvalue weighted by atomic mass is 32.2. The number of benzene rings is 4. The van der Waals surface area contributed by atoms with E-state index in [4.69, 9.17) is 9.47 Å². The Labute approximate surface area is 268 Å². The van der Waals surface area contributed by atoms with E-state index in [1.807, 2.05) is 0 Å². The van der Waals surface area contributed by atoms with Crippen LogP contribution in [0.5, 0.6) is 0 Å². The Morgan fingerprint density at radius 3 is 1.21 bits per heavy atom. The molecule has 0 bridgehead atoms. The van der Waals surface area contributed by atoms with Crippen molar-refractivity contribution in [2.75, 3.05) is 22.7 Å². The molecule has 16 heteroatoms. The number of carbonyl (C=O) groups is 4. The fraction of sp³-hybridized carbons (Fsp3) is 0.0968. The number of hydrogen-bond donors (Lipinski definition) is 4. The lowest BCUT2D eigenvalue weighted by Crippen LogP contribution is -2.17. The monoisotopic (exact) mass is 682 g/mol. The summed E-state index contributed by atoms with van der Waals surface area (Å²) < 4.78 is 65.6. The van der Waals surface area contributed by atoms with Crippen molar-refractivity contribution in [1.29, 1.82) is 0 Å². The second-order valence-corrected chi connectivity index (χ2v) is 12.9. The smallest absolute Gasteiger partial charge is 0.338 e. The highest BCUT2D eigenvalue weighted by molar-refractivity contribution is 7.93. The first-order valence-corrected chi connectivity index (χ1v) is 16.5. The van der Waals surface area contributed by atoms with Crippen molar-refractivity contribution in [3.8, 4) is 0 Å². The zero-order chi connectivity index (χ0) is 34.2. The minimum Gasteiger partial charge on any atom is -0.478 e. The first kappa shape index (κ1) is 34.1. The van der Waals surface area contributed by atoms with Crippen LogP contribution in [0.3, 0.4) is 0 Å². The molecular formula is C31H26N2O12S2. The van der Waals surface area contributed by atoms with Gasteiger partial charge in [-0.2, -0.15) is 0 Å². The highest BCUT2D eigenvalue weighted by Gasteiger charge is 2.23. The van der Waals surface area contributed by atoms with Crippen molar-refractivity contribution in [1.82, 2.24) is 0 Å². The molecule has 0 amide bonds. The molecule has 244 valence electrons. The largest absolute Gasteiger partial charge is 0.478 e. The third-order valence-electron chi connectivity index (χ3n) is 6.31. The van der Waals surface area contributed by atoms with Crippen LogP contribution in [0, 0.1) is 0 Å². The summed E-state index contributed by atoms with van der Waals surface area (Å²) >= 11 is 0. The van der Waals surface area contributed by atoms with E-state index in [1.54, 1.807) is 0 Å². The zero-order valence-corrected chi connectivity index (χ0v) is 25.8. The van der Waals surface area contributed by atoms with Crippen LogP contribution >= 0.6 is 0 Å². The van der Waals surface area contributed by atoms with E-state index < -0.39 is 64.8 Å². The Balaban J connectivity index is 1.23. The minimum atomic E-state index is -4.23. The van der Waals surface area contributed by atoms with Gasteiger partial charge < -0.3 is 19.7 Å². The van der Waals surface area contributed by atoms with E-state index >= 15 is 0 Å². The molecule has 0 radical (unpaired) electrons.